The van der Waals surface area contributed by atoms with Gasteiger partial charge in [0, 0.05) is 36.5 Å². The number of aryl methyl sites for hydroxylation is 1. The summed E-state index contributed by atoms with van der Waals surface area (Å²) in [5.74, 6) is 0.0132. The van der Waals surface area contributed by atoms with Crippen LogP contribution in [0.1, 0.15) is 18.4 Å². The average molecular weight is 435 g/mol. The molecule has 2 heterocycles. The Kier molecular flexibility index (Phi) is 6.07. The molecule has 1 N–H and O–H groups in total. The van der Waals surface area contributed by atoms with Gasteiger partial charge in [-0.2, -0.15) is 0 Å². The van der Waals surface area contributed by atoms with Crippen LogP contribution in [0.3, 0.4) is 0 Å². The van der Waals surface area contributed by atoms with Gasteiger partial charge in [0.15, 0.2) is 5.82 Å². The lowest BCUT2D eigenvalue weighted by Gasteiger charge is -2.32. The summed E-state index contributed by atoms with van der Waals surface area (Å²) < 4.78 is 13.1. The van der Waals surface area contributed by atoms with Gasteiger partial charge in [0.2, 0.25) is 5.91 Å². The first-order valence-corrected chi connectivity index (χ1v) is 10.3. The molecule has 1 aliphatic heterocycles. The highest BCUT2D eigenvalue weighted by atomic mass is 19.1. The number of nitro groups is 1. The van der Waals surface area contributed by atoms with Gasteiger partial charge in [0.25, 0.3) is 5.69 Å². The molecule has 2 aromatic carbocycles. The van der Waals surface area contributed by atoms with Gasteiger partial charge < -0.3 is 10.2 Å². The molecule has 0 saturated carbocycles. The number of hydrogen-bond donors (Lipinski definition) is 1. The lowest BCUT2D eigenvalue weighted by Crippen LogP contribution is -2.41. The molecule has 1 saturated heterocycles. The highest BCUT2D eigenvalue weighted by Crippen LogP contribution is 2.26. The Morgan fingerprint density at radius 1 is 1.16 bits per heavy atom. The molecule has 0 spiro atoms. The standard InChI is InChI=1S/C23H22FN5O3/c1-15-13-19(29(31)32)8-9-20(15)25-23(30)17-3-2-12-28(14-17)22-11-10-21(26-27-22)16-4-6-18(24)7-5-16/h4-11,13,17H,2-3,12,14H2,1H3,(H,25,30). The molecule has 1 atom stereocenters. The lowest BCUT2D eigenvalue weighted by atomic mass is 9.96. The van der Waals surface area contributed by atoms with Crippen LogP contribution in [0.4, 0.5) is 21.6 Å². The molecule has 4 rings (SSSR count). The second-order valence-corrected chi connectivity index (χ2v) is 7.81. The van der Waals surface area contributed by atoms with Crippen molar-refractivity contribution >= 4 is 23.1 Å². The molecule has 32 heavy (non-hydrogen) atoms. The minimum atomic E-state index is -0.458. The first kappa shape index (κ1) is 21.4. The SMILES string of the molecule is Cc1cc([N+](=O)[O-])ccc1NC(=O)C1CCCN(c2ccc(-c3ccc(F)cc3)nn2)C1. The summed E-state index contributed by atoms with van der Waals surface area (Å²) in [6, 6.07) is 14.1. The van der Waals surface area contributed by atoms with Gasteiger partial charge in [0.05, 0.1) is 16.5 Å². The van der Waals surface area contributed by atoms with E-state index in [1.165, 1.54) is 24.3 Å². The number of hydrogen-bond acceptors (Lipinski definition) is 6. The van der Waals surface area contributed by atoms with Crippen molar-refractivity contribution in [3.05, 3.63) is 76.1 Å². The molecule has 0 aliphatic carbocycles. The lowest BCUT2D eigenvalue weighted by molar-refractivity contribution is -0.384. The number of aromatic nitrogens is 2. The molecular formula is C23H22FN5O3. The largest absolute Gasteiger partial charge is 0.354 e. The third-order valence-electron chi connectivity index (χ3n) is 5.59. The smallest absolute Gasteiger partial charge is 0.269 e. The summed E-state index contributed by atoms with van der Waals surface area (Å²) in [6.07, 6.45) is 1.58. The number of nitrogens with zero attached hydrogens (tertiary/aromatic N) is 4. The van der Waals surface area contributed by atoms with E-state index in [4.69, 9.17) is 0 Å². The molecule has 9 heteroatoms. The number of rotatable bonds is 5. The fourth-order valence-electron chi connectivity index (χ4n) is 3.80. The van der Waals surface area contributed by atoms with Crippen LogP contribution < -0.4 is 10.2 Å². The maximum atomic E-state index is 13.1. The summed E-state index contributed by atoms with van der Waals surface area (Å²) >= 11 is 0. The number of amides is 1. The van der Waals surface area contributed by atoms with Crippen molar-refractivity contribution in [3.63, 3.8) is 0 Å². The maximum Gasteiger partial charge on any atom is 0.269 e. The average Bonchev–Trinajstić information content (AvgIpc) is 2.81. The van der Waals surface area contributed by atoms with Crippen molar-refractivity contribution in [2.45, 2.75) is 19.8 Å². The van der Waals surface area contributed by atoms with E-state index in [-0.39, 0.29) is 23.3 Å². The van der Waals surface area contributed by atoms with E-state index in [1.807, 2.05) is 17.0 Å². The molecule has 1 unspecified atom stereocenters. The second-order valence-electron chi connectivity index (χ2n) is 7.81. The number of piperidine rings is 1. The minimum Gasteiger partial charge on any atom is -0.354 e. The van der Waals surface area contributed by atoms with Gasteiger partial charge in [-0.15, -0.1) is 10.2 Å². The normalized spacial score (nSPS) is 15.9. The monoisotopic (exact) mass is 435 g/mol. The van der Waals surface area contributed by atoms with Gasteiger partial charge in [-0.25, -0.2) is 4.39 Å². The Labute approximate surface area is 184 Å². The van der Waals surface area contributed by atoms with Gasteiger partial charge in [0.1, 0.15) is 5.82 Å². The fourth-order valence-corrected chi connectivity index (χ4v) is 3.80. The molecular weight excluding hydrogens is 413 g/mol. The van der Waals surface area contributed by atoms with Gasteiger partial charge in [-0.3, -0.25) is 14.9 Å². The zero-order chi connectivity index (χ0) is 22.7. The summed E-state index contributed by atoms with van der Waals surface area (Å²) in [5, 5.41) is 22.4. The van der Waals surface area contributed by atoms with Gasteiger partial charge >= 0.3 is 0 Å². The molecule has 164 valence electrons. The van der Waals surface area contributed by atoms with Crippen LogP contribution in [0.25, 0.3) is 11.3 Å². The Balaban J connectivity index is 1.42. The number of nitrogens with one attached hydrogen (secondary N) is 1. The van der Waals surface area contributed by atoms with Gasteiger partial charge in [-0.1, -0.05) is 0 Å². The Hall–Kier alpha value is -3.88. The van der Waals surface area contributed by atoms with Crippen LogP contribution in [0.15, 0.2) is 54.6 Å². The van der Waals surface area contributed by atoms with Crippen LogP contribution in [0.2, 0.25) is 0 Å². The molecule has 1 amide bonds. The summed E-state index contributed by atoms with van der Waals surface area (Å²) in [5.41, 5.74) is 2.63. The van der Waals surface area contributed by atoms with Crippen molar-refractivity contribution in [2.75, 3.05) is 23.3 Å². The van der Waals surface area contributed by atoms with Crippen molar-refractivity contribution < 1.29 is 14.1 Å². The predicted octanol–water partition coefficient (Wildman–Crippen LogP) is 4.35. The Morgan fingerprint density at radius 2 is 1.94 bits per heavy atom. The molecule has 1 fully saturated rings. The van der Waals surface area contributed by atoms with Crippen molar-refractivity contribution in [2.24, 2.45) is 5.92 Å². The maximum absolute atomic E-state index is 13.1. The van der Waals surface area contributed by atoms with E-state index in [1.54, 1.807) is 25.1 Å². The third-order valence-corrected chi connectivity index (χ3v) is 5.59. The third kappa shape index (κ3) is 4.72. The minimum absolute atomic E-state index is 0.00741. The van der Waals surface area contributed by atoms with Crippen LogP contribution >= 0.6 is 0 Å². The number of nitro benzene ring substituents is 1. The van der Waals surface area contributed by atoms with E-state index in [2.05, 4.69) is 15.5 Å². The van der Waals surface area contributed by atoms with Crippen molar-refractivity contribution in [3.8, 4) is 11.3 Å². The number of carbonyl (C=O) groups is 1. The quantitative estimate of drug-likeness (QED) is 0.472. The van der Waals surface area contributed by atoms with Crippen molar-refractivity contribution in [1.29, 1.82) is 0 Å². The van der Waals surface area contributed by atoms with Crippen LogP contribution in [-0.4, -0.2) is 34.1 Å². The fraction of sp³-hybridized carbons (Fsp3) is 0.261. The molecule has 0 radical (unpaired) electrons. The molecule has 3 aromatic rings. The highest BCUT2D eigenvalue weighted by molar-refractivity contribution is 5.93. The summed E-state index contributed by atoms with van der Waals surface area (Å²) in [7, 11) is 0. The van der Waals surface area contributed by atoms with E-state index < -0.39 is 4.92 Å². The van der Waals surface area contributed by atoms with E-state index in [0.29, 0.717) is 29.3 Å². The Bertz CT molecular complexity index is 1140. The number of non-ortho nitro benzene ring substituents is 1. The first-order valence-electron chi connectivity index (χ1n) is 10.3. The Morgan fingerprint density at radius 3 is 2.59 bits per heavy atom. The van der Waals surface area contributed by atoms with Crippen LogP contribution in [-0.2, 0) is 4.79 Å². The molecule has 0 bridgehead atoms. The first-order chi connectivity index (χ1) is 15.4. The number of carbonyl (C=O) groups excluding carboxylic acids is 1. The topological polar surface area (TPSA) is 101 Å². The molecule has 8 nitrogen and oxygen atoms in total. The van der Waals surface area contributed by atoms with Crippen LogP contribution in [0, 0.1) is 28.8 Å². The van der Waals surface area contributed by atoms with Crippen LogP contribution in [0.5, 0.6) is 0 Å². The zero-order valence-electron chi connectivity index (χ0n) is 17.5. The number of benzene rings is 2. The predicted molar refractivity (Wildman–Crippen MR) is 119 cm³/mol. The van der Waals surface area contributed by atoms with E-state index in [0.717, 1.165) is 24.9 Å². The molecule has 1 aromatic heterocycles. The van der Waals surface area contributed by atoms with E-state index >= 15 is 0 Å². The number of anilines is 2. The van der Waals surface area contributed by atoms with E-state index in [9.17, 15) is 19.3 Å². The second kappa shape index (κ2) is 9.09. The van der Waals surface area contributed by atoms with Crippen molar-refractivity contribution in [1.82, 2.24) is 10.2 Å². The zero-order valence-corrected chi connectivity index (χ0v) is 17.5. The highest BCUT2D eigenvalue weighted by Gasteiger charge is 2.27. The van der Waals surface area contributed by atoms with Gasteiger partial charge in [-0.05, 0) is 67.8 Å². The molecule has 1 aliphatic rings. The number of halogens is 1. The summed E-state index contributed by atoms with van der Waals surface area (Å²) in [4.78, 5) is 25.3. The summed E-state index contributed by atoms with van der Waals surface area (Å²) in [6.45, 7) is 3.00.